The lowest BCUT2D eigenvalue weighted by molar-refractivity contribution is -0.183. The van der Waals surface area contributed by atoms with Crippen molar-refractivity contribution in [2.24, 2.45) is 51.2 Å². The highest BCUT2D eigenvalue weighted by Crippen LogP contribution is 2.75. The van der Waals surface area contributed by atoms with Crippen molar-refractivity contribution < 1.29 is 24.5 Å². The van der Waals surface area contributed by atoms with E-state index in [-0.39, 0.29) is 51.5 Å². The Bertz CT molecular complexity index is 1560. The van der Waals surface area contributed by atoms with Crippen LogP contribution in [0.3, 0.4) is 0 Å². The van der Waals surface area contributed by atoms with Crippen LogP contribution in [-0.4, -0.2) is 39.6 Å². The minimum atomic E-state index is -0.530. The van der Waals surface area contributed by atoms with E-state index in [2.05, 4.69) is 41.5 Å². The first-order chi connectivity index (χ1) is 23.6. The van der Waals surface area contributed by atoms with Gasteiger partial charge in [-0.3, -0.25) is 9.59 Å². The second-order valence-corrected chi connectivity index (χ2v) is 19.9. The molecule has 5 nitrogen and oxygen atoms in total. The van der Waals surface area contributed by atoms with Crippen LogP contribution in [0.4, 0.5) is 0 Å². The van der Waals surface area contributed by atoms with E-state index in [1.165, 1.54) is 50.5 Å². The summed E-state index contributed by atoms with van der Waals surface area (Å²) >= 11 is 0. The highest BCUT2D eigenvalue weighted by molar-refractivity contribution is 6.01. The first-order valence-electron chi connectivity index (χ1n) is 20.6. The Labute approximate surface area is 301 Å². The molecule has 7 aliphatic rings. The SMILES string of the molecule is CC1(C)C(=O)[C@H](c2cccc(O)c2)C[C@]2(C)[C@@H]1CC[C@@]1(C)[C@@H]2CCC2=C([C@@H](C[C@@H](O)[C@@H]3O[C@]3(C)C3CCCC3)C3CCCCC3)C(=O)C[C@@]21C. The Morgan fingerprint density at radius 1 is 0.880 bits per heavy atom. The number of epoxide rings is 1. The maximum Gasteiger partial charge on any atom is 0.160 e. The topological polar surface area (TPSA) is 87.1 Å². The zero-order chi connectivity index (χ0) is 35.4. The van der Waals surface area contributed by atoms with Crippen LogP contribution < -0.4 is 0 Å². The molecule has 274 valence electrons. The van der Waals surface area contributed by atoms with Gasteiger partial charge in [-0.15, -0.1) is 0 Å². The molecule has 5 saturated carbocycles. The van der Waals surface area contributed by atoms with Gasteiger partial charge in [0.1, 0.15) is 17.6 Å². The van der Waals surface area contributed by atoms with Gasteiger partial charge >= 0.3 is 0 Å². The van der Waals surface area contributed by atoms with Crippen LogP contribution in [0.25, 0.3) is 0 Å². The fourth-order valence-electron chi connectivity index (χ4n) is 14.5. The monoisotopic (exact) mass is 684 g/mol. The van der Waals surface area contributed by atoms with Gasteiger partial charge < -0.3 is 14.9 Å². The molecule has 0 radical (unpaired) electrons. The Hall–Kier alpha value is -1.98. The Kier molecular flexibility index (Phi) is 8.43. The third kappa shape index (κ3) is 5.04. The summed E-state index contributed by atoms with van der Waals surface area (Å²) in [4.78, 5) is 28.9. The van der Waals surface area contributed by atoms with Gasteiger partial charge in [0, 0.05) is 23.2 Å². The lowest BCUT2D eigenvalue weighted by Crippen LogP contribution is -2.63. The number of aliphatic hydroxyl groups is 1. The minimum Gasteiger partial charge on any atom is -0.508 e. The summed E-state index contributed by atoms with van der Waals surface area (Å²) in [6.45, 7) is 14.0. The summed E-state index contributed by atoms with van der Waals surface area (Å²) in [5, 5.41) is 22.3. The molecule has 6 aliphatic carbocycles. The summed E-state index contributed by atoms with van der Waals surface area (Å²) in [5.41, 5.74) is 2.49. The van der Waals surface area contributed by atoms with E-state index in [1.54, 1.807) is 12.1 Å². The first kappa shape index (κ1) is 35.1. The maximum atomic E-state index is 14.7. The normalized spacial score (nSPS) is 42.9. The predicted octanol–water partition coefficient (Wildman–Crippen LogP) is 9.88. The molecule has 1 saturated heterocycles. The summed E-state index contributed by atoms with van der Waals surface area (Å²) in [6.07, 6.45) is 16.4. The van der Waals surface area contributed by atoms with Crippen molar-refractivity contribution in [1.29, 1.82) is 0 Å². The van der Waals surface area contributed by atoms with Gasteiger partial charge in [0.2, 0.25) is 0 Å². The number of hydrogen-bond acceptors (Lipinski definition) is 5. The molecular weight excluding hydrogens is 620 g/mol. The van der Waals surface area contributed by atoms with Crippen LogP contribution in [0, 0.1) is 51.2 Å². The number of ketones is 2. The van der Waals surface area contributed by atoms with Crippen molar-refractivity contribution in [1.82, 2.24) is 0 Å². The summed E-state index contributed by atoms with van der Waals surface area (Å²) < 4.78 is 6.39. The molecule has 0 aromatic heterocycles. The number of hydrogen-bond donors (Lipinski definition) is 2. The number of aromatic hydroxyl groups is 1. The van der Waals surface area contributed by atoms with Crippen LogP contribution >= 0.6 is 0 Å². The molecule has 0 spiro atoms. The van der Waals surface area contributed by atoms with Crippen molar-refractivity contribution in [2.45, 2.75) is 168 Å². The molecule has 50 heavy (non-hydrogen) atoms. The summed E-state index contributed by atoms with van der Waals surface area (Å²) in [5.74, 6) is 2.45. The van der Waals surface area contributed by atoms with Crippen molar-refractivity contribution in [3.8, 4) is 5.75 Å². The minimum absolute atomic E-state index is 0.0561. The van der Waals surface area contributed by atoms with Crippen molar-refractivity contribution >= 4 is 11.6 Å². The smallest absolute Gasteiger partial charge is 0.160 e. The molecule has 8 rings (SSSR count). The first-order valence-corrected chi connectivity index (χ1v) is 20.6. The number of carbonyl (C=O) groups is 2. The Balaban J connectivity index is 1.13. The lowest BCUT2D eigenvalue weighted by atomic mass is 9.35. The van der Waals surface area contributed by atoms with E-state index >= 15 is 0 Å². The summed E-state index contributed by atoms with van der Waals surface area (Å²) in [7, 11) is 0. The average molecular weight is 685 g/mol. The molecule has 1 aromatic carbocycles. The number of allylic oxidation sites excluding steroid dienone is 2. The van der Waals surface area contributed by atoms with E-state index in [9.17, 15) is 19.8 Å². The van der Waals surface area contributed by atoms with Crippen LogP contribution in [-0.2, 0) is 14.3 Å². The van der Waals surface area contributed by atoms with Gasteiger partial charge in [-0.25, -0.2) is 0 Å². The molecule has 1 heterocycles. The van der Waals surface area contributed by atoms with E-state index in [4.69, 9.17) is 4.74 Å². The van der Waals surface area contributed by atoms with E-state index in [1.807, 2.05) is 12.1 Å². The number of fused-ring (bicyclic) bond motifs is 5. The van der Waals surface area contributed by atoms with Gasteiger partial charge in [0.15, 0.2) is 5.78 Å². The largest absolute Gasteiger partial charge is 0.508 e. The molecule has 0 unspecified atom stereocenters. The maximum absolute atomic E-state index is 14.7. The van der Waals surface area contributed by atoms with Crippen molar-refractivity contribution in [3.05, 3.63) is 41.0 Å². The van der Waals surface area contributed by atoms with Gasteiger partial charge in [0.05, 0.1) is 11.7 Å². The third-order valence-electron chi connectivity index (χ3n) is 17.3. The highest BCUT2D eigenvalue weighted by Gasteiger charge is 2.69. The number of phenolic OH excluding ortho intramolecular Hbond substituents is 1. The van der Waals surface area contributed by atoms with Crippen LogP contribution in [0.15, 0.2) is 35.4 Å². The van der Waals surface area contributed by atoms with E-state index in [0.717, 1.165) is 56.1 Å². The predicted molar refractivity (Wildman–Crippen MR) is 197 cm³/mol. The quantitative estimate of drug-likeness (QED) is 0.279. The Morgan fingerprint density at radius 3 is 2.28 bits per heavy atom. The second kappa shape index (κ2) is 12.0. The molecule has 1 aliphatic heterocycles. The number of aliphatic hydroxyl groups excluding tert-OH is 1. The fourth-order valence-corrected chi connectivity index (χ4v) is 14.5. The van der Waals surface area contributed by atoms with Crippen LogP contribution in [0.1, 0.15) is 156 Å². The number of Topliss-reactive ketones (excluding diaryl/α,β-unsaturated/α-hetero) is 2. The number of rotatable bonds is 7. The molecule has 5 heteroatoms. The van der Waals surface area contributed by atoms with Gasteiger partial charge in [-0.2, -0.15) is 0 Å². The van der Waals surface area contributed by atoms with Crippen molar-refractivity contribution in [2.75, 3.05) is 0 Å². The molecule has 2 N–H and O–H groups in total. The van der Waals surface area contributed by atoms with E-state index in [0.29, 0.717) is 42.2 Å². The number of phenols is 1. The van der Waals surface area contributed by atoms with Crippen molar-refractivity contribution in [3.63, 3.8) is 0 Å². The summed E-state index contributed by atoms with van der Waals surface area (Å²) in [6, 6.07) is 7.40. The van der Waals surface area contributed by atoms with Crippen LogP contribution in [0.2, 0.25) is 0 Å². The molecular formula is C45H64O5. The zero-order valence-electron chi connectivity index (χ0n) is 31.9. The van der Waals surface area contributed by atoms with Gasteiger partial charge in [0.25, 0.3) is 0 Å². The average Bonchev–Trinajstić information content (AvgIpc) is 3.37. The number of ether oxygens (including phenoxy) is 1. The van der Waals surface area contributed by atoms with Gasteiger partial charge in [-0.05, 0) is 135 Å². The molecule has 10 atom stereocenters. The number of benzene rings is 1. The molecule has 1 aromatic rings. The second-order valence-electron chi connectivity index (χ2n) is 19.9. The van der Waals surface area contributed by atoms with E-state index < -0.39 is 11.5 Å². The fraction of sp³-hybridized carbons (Fsp3) is 0.778. The highest BCUT2D eigenvalue weighted by atomic mass is 16.6. The Morgan fingerprint density at radius 2 is 1.58 bits per heavy atom. The molecule has 6 fully saturated rings. The zero-order valence-corrected chi connectivity index (χ0v) is 31.9. The third-order valence-corrected chi connectivity index (χ3v) is 17.3. The number of carbonyl (C=O) groups excluding carboxylic acids is 2. The van der Waals surface area contributed by atoms with Gasteiger partial charge in [-0.1, -0.05) is 84.4 Å². The van der Waals surface area contributed by atoms with Crippen LogP contribution in [0.5, 0.6) is 5.75 Å². The molecule has 0 amide bonds. The standard InChI is InChI=1S/C45H64O5/c1-41(2)36-21-22-43(4)37(42(36,3)25-32(39(41)49)28-15-12-18-30(46)23-28)20-19-33-38(35(48)26-44(33,43)5)31(27-13-8-7-9-14-27)24-34(47)40-45(6,50-40)29-16-10-11-17-29/h12,15,18,23,27,29,31-32,34,36-37,40,46-47H,7-11,13-14,16-17,19-22,24-26H2,1-6H3/t31-,32-,34+,36+,37+,40-,42+,43-,44-,45+/m0/s1. The lowest BCUT2D eigenvalue weighted by Gasteiger charge is -2.68. The molecule has 0 bridgehead atoms.